The van der Waals surface area contributed by atoms with Crippen LogP contribution in [0.1, 0.15) is 34.9 Å². The number of halogens is 5. The van der Waals surface area contributed by atoms with Crippen LogP contribution in [0, 0.1) is 5.92 Å². The predicted molar refractivity (Wildman–Crippen MR) is 100.0 cm³/mol. The van der Waals surface area contributed by atoms with Crippen LogP contribution in [0.2, 0.25) is 0 Å². The van der Waals surface area contributed by atoms with E-state index in [0.717, 1.165) is 31.0 Å². The number of anilines is 1. The van der Waals surface area contributed by atoms with Crippen LogP contribution in [0.15, 0.2) is 40.0 Å². The smallest absolute Gasteiger partial charge is 0.310 e. The lowest BCUT2D eigenvalue weighted by molar-refractivity contribution is 0.0926. The van der Waals surface area contributed by atoms with Gasteiger partial charge in [0.25, 0.3) is 11.5 Å². The third-order valence-electron chi connectivity index (χ3n) is 4.45. The van der Waals surface area contributed by atoms with Gasteiger partial charge in [-0.05, 0) is 36.5 Å². The first kappa shape index (κ1) is 21.1. The van der Waals surface area contributed by atoms with E-state index in [1.165, 1.54) is 4.90 Å². The van der Waals surface area contributed by atoms with Crippen LogP contribution in [-0.2, 0) is 0 Å². The maximum Gasteiger partial charge on any atom is 0.310 e. The number of amides is 1. The highest BCUT2D eigenvalue weighted by atomic mass is 32.5. The van der Waals surface area contributed by atoms with Crippen LogP contribution in [0.4, 0.5) is 25.4 Å². The lowest BCUT2D eigenvalue weighted by Crippen LogP contribution is -2.32. The van der Waals surface area contributed by atoms with Gasteiger partial charge < -0.3 is 10.2 Å². The van der Waals surface area contributed by atoms with Gasteiger partial charge in [-0.2, -0.15) is 0 Å². The normalized spacial score (nSPS) is 17.8. The molecule has 1 amide bonds. The molecular formula is C17H19F5N4O2S. The van der Waals surface area contributed by atoms with Gasteiger partial charge in [-0.3, -0.25) is 14.6 Å². The van der Waals surface area contributed by atoms with E-state index in [4.69, 9.17) is 0 Å². The lowest BCUT2D eigenvalue weighted by Gasteiger charge is -2.40. The van der Waals surface area contributed by atoms with Gasteiger partial charge in [-0.15, -0.1) is 0 Å². The summed E-state index contributed by atoms with van der Waals surface area (Å²) in [6.07, 6.45) is 1.44. The Kier molecular flexibility index (Phi) is 4.50. The fourth-order valence-electron chi connectivity index (χ4n) is 2.82. The lowest BCUT2D eigenvalue weighted by atomic mass is 10.0. The number of rotatable bonds is 6. The van der Waals surface area contributed by atoms with Gasteiger partial charge in [0.15, 0.2) is 0 Å². The Morgan fingerprint density at radius 2 is 1.76 bits per heavy atom. The van der Waals surface area contributed by atoms with E-state index in [2.05, 4.69) is 15.3 Å². The number of benzene rings is 1. The monoisotopic (exact) mass is 438 g/mol. The second kappa shape index (κ2) is 6.18. The van der Waals surface area contributed by atoms with Crippen molar-refractivity contribution in [2.75, 3.05) is 19.0 Å². The molecule has 1 aliphatic carbocycles. The minimum atomic E-state index is -9.76. The van der Waals surface area contributed by atoms with Crippen LogP contribution >= 0.6 is 10.2 Å². The molecule has 1 aromatic heterocycles. The zero-order valence-corrected chi connectivity index (χ0v) is 16.3. The van der Waals surface area contributed by atoms with Gasteiger partial charge in [0.05, 0.1) is 6.04 Å². The molecule has 3 rings (SSSR count). The summed E-state index contributed by atoms with van der Waals surface area (Å²) < 4.78 is 64.5. The van der Waals surface area contributed by atoms with Crippen LogP contribution in [0.5, 0.6) is 0 Å². The molecule has 6 nitrogen and oxygen atoms in total. The summed E-state index contributed by atoms with van der Waals surface area (Å²) in [5.41, 5.74) is -0.437. The molecular weight excluding hydrogens is 419 g/mol. The van der Waals surface area contributed by atoms with Crippen molar-refractivity contribution in [3.05, 3.63) is 51.9 Å². The molecule has 1 aromatic carbocycles. The van der Waals surface area contributed by atoms with Crippen molar-refractivity contribution in [2.24, 2.45) is 5.92 Å². The predicted octanol–water partition coefficient (Wildman–Crippen LogP) is 4.37. The number of hydrogen-bond acceptors (Lipinski definition) is 4. The molecule has 1 fully saturated rings. The maximum atomic E-state index is 12.9. The summed E-state index contributed by atoms with van der Waals surface area (Å²) >= 11 is 0. The van der Waals surface area contributed by atoms with E-state index >= 15 is 0 Å². The van der Waals surface area contributed by atoms with E-state index in [1.54, 1.807) is 14.1 Å². The molecule has 160 valence electrons. The van der Waals surface area contributed by atoms with E-state index in [-0.39, 0.29) is 23.1 Å². The average molecular weight is 438 g/mol. The second-order valence-electron chi connectivity index (χ2n) is 7.18. The molecule has 0 aliphatic heterocycles. The standard InChI is InChI=1S/C17H19F5N4O2S/c1-26(2)17-23-13(9-14(27)24-17)16(28)25-15(10-3-4-10)11-5-7-12(8-6-11)29(18,19,20,21)22/h5-10,15H,3-4H2,1-2H3,(H,25,28)(H,23,24,27). The van der Waals surface area contributed by atoms with Crippen molar-refractivity contribution in [2.45, 2.75) is 23.8 Å². The van der Waals surface area contributed by atoms with Crippen molar-refractivity contribution in [1.82, 2.24) is 15.3 Å². The molecule has 1 atom stereocenters. The van der Waals surface area contributed by atoms with Gasteiger partial charge in [0.2, 0.25) is 5.95 Å². The van der Waals surface area contributed by atoms with Crippen LogP contribution in [-0.4, -0.2) is 30.0 Å². The number of carbonyl (C=O) groups is 1. The van der Waals surface area contributed by atoms with Crippen molar-refractivity contribution >= 4 is 22.1 Å². The Labute approximate surface area is 162 Å². The minimum absolute atomic E-state index is 0.0416. The van der Waals surface area contributed by atoms with Gasteiger partial charge in [-0.25, -0.2) is 4.98 Å². The quantitative estimate of drug-likeness (QED) is 0.657. The average Bonchev–Trinajstić information content (AvgIpc) is 3.42. The Morgan fingerprint density at radius 1 is 1.17 bits per heavy atom. The summed E-state index contributed by atoms with van der Waals surface area (Å²) in [5, 5.41) is 2.65. The van der Waals surface area contributed by atoms with E-state index < -0.39 is 32.6 Å². The van der Waals surface area contributed by atoms with Crippen molar-refractivity contribution in [3.63, 3.8) is 0 Å². The molecule has 1 heterocycles. The van der Waals surface area contributed by atoms with E-state index in [0.29, 0.717) is 12.1 Å². The van der Waals surface area contributed by atoms with Crippen LogP contribution in [0.25, 0.3) is 0 Å². The molecule has 1 unspecified atom stereocenters. The SMILES string of the molecule is CN(C)c1nc(C(=O)NC(c2ccc(S(F)(F)(F)(F)F)cc2)C2CC2)cc(=O)[nH]1. The molecule has 0 radical (unpaired) electrons. The molecule has 1 aliphatic rings. The third-order valence-corrected chi connectivity index (χ3v) is 5.61. The van der Waals surface area contributed by atoms with Crippen molar-refractivity contribution in [1.29, 1.82) is 0 Å². The third kappa shape index (κ3) is 5.05. The topological polar surface area (TPSA) is 78.1 Å². The van der Waals surface area contributed by atoms with Gasteiger partial charge >= 0.3 is 10.2 Å². The number of aromatic nitrogens is 2. The number of H-pyrrole nitrogens is 1. The first-order chi connectivity index (χ1) is 13.1. The largest absolute Gasteiger partial charge is 0.348 e. The molecule has 29 heavy (non-hydrogen) atoms. The van der Waals surface area contributed by atoms with E-state index in [9.17, 15) is 29.0 Å². The molecule has 2 aromatic rings. The Balaban J connectivity index is 1.87. The first-order valence-corrected chi connectivity index (χ1v) is 10.5. The minimum Gasteiger partial charge on any atom is -0.348 e. The number of carbonyl (C=O) groups excluding carboxylic acids is 1. The molecule has 2 N–H and O–H groups in total. The number of hydrogen-bond donors (Lipinski definition) is 2. The fraction of sp³-hybridized carbons (Fsp3) is 0.353. The van der Waals surface area contributed by atoms with Crippen LogP contribution < -0.4 is 15.8 Å². The van der Waals surface area contributed by atoms with Gasteiger partial charge in [0.1, 0.15) is 10.6 Å². The molecule has 12 heteroatoms. The second-order valence-corrected chi connectivity index (χ2v) is 9.58. The maximum absolute atomic E-state index is 12.9. The number of nitrogens with zero attached hydrogens (tertiary/aromatic N) is 2. The van der Waals surface area contributed by atoms with E-state index in [1.807, 2.05) is 0 Å². The highest BCUT2D eigenvalue weighted by Gasteiger charge is 2.65. The zero-order chi connectivity index (χ0) is 21.7. The summed E-state index contributed by atoms with van der Waals surface area (Å²) in [6, 6.07) is 2.85. The molecule has 0 bridgehead atoms. The fourth-order valence-corrected chi connectivity index (χ4v) is 3.47. The summed E-state index contributed by atoms with van der Waals surface area (Å²) in [6.45, 7) is 0. The van der Waals surface area contributed by atoms with Crippen molar-refractivity contribution < 1.29 is 24.2 Å². The Hall–Kier alpha value is -2.63. The first-order valence-electron chi connectivity index (χ1n) is 8.58. The molecule has 0 saturated heterocycles. The highest BCUT2D eigenvalue weighted by Crippen LogP contribution is 3.02. The summed E-state index contributed by atoms with van der Waals surface area (Å²) in [5.74, 6) is -0.571. The Bertz CT molecular complexity index is 1000. The summed E-state index contributed by atoms with van der Waals surface area (Å²) in [7, 11) is -6.53. The van der Waals surface area contributed by atoms with Gasteiger partial charge in [-0.1, -0.05) is 31.6 Å². The van der Waals surface area contributed by atoms with Crippen LogP contribution in [0.3, 0.4) is 0 Å². The molecule has 1 saturated carbocycles. The summed E-state index contributed by atoms with van der Waals surface area (Å²) in [4.78, 5) is 30.3. The van der Waals surface area contributed by atoms with Gasteiger partial charge in [0, 0.05) is 20.2 Å². The number of aromatic amines is 1. The molecule has 0 spiro atoms. The number of nitrogens with one attached hydrogen (secondary N) is 2. The highest BCUT2D eigenvalue weighted by molar-refractivity contribution is 8.45. The van der Waals surface area contributed by atoms with Crippen molar-refractivity contribution in [3.8, 4) is 0 Å². The Morgan fingerprint density at radius 3 is 2.24 bits per heavy atom. The zero-order valence-electron chi connectivity index (χ0n) is 15.5.